The van der Waals surface area contributed by atoms with E-state index in [1.54, 1.807) is 12.4 Å². The Kier molecular flexibility index (Phi) is 8.52. The molecule has 2 unspecified atom stereocenters. The van der Waals surface area contributed by atoms with Crippen molar-refractivity contribution in [1.29, 1.82) is 0 Å². The first-order valence-electron chi connectivity index (χ1n) is 7.35. The summed E-state index contributed by atoms with van der Waals surface area (Å²) in [6.45, 7) is 5.53. The summed E-state index contributed by atoms with van der Waals surface area (Å²) in [6.07, 6.45) is 4.76. The molecule has 0 bridgehead atoms. The van der Waals surface area contributed by atoms with E-state index >= 15 is 0 Å². The molecule has 0 radical (unpaired) electrons. The minimum absolute atomic E-state index is 0.0396. The van der Waals surface area contributed by atoms with E-state index in [2.05, 4.69) is 15.3 Å². The third kappa shape index (κ3) is 5.74. The van der Waals surface area contributed by atoms with E-state index in [-0.39, 0.29) is 25.3 Å². The van der Waals surface area contributed by atoms with Gasteiger partial charge in [0.05, 0.1) is 36.7 Å². The van der Waals surface area contributed by atoms with Crippen LogP contribution in [0.5, 0.6) is 0 Å². The molecule has 1 aromatic heterocycles. The third-order valence-electron chi connectivity index (χ3n) is 3.49. The molecule has 0 amide bonds. The van der Waals surface area contributed by atoms with Crippen LogP contribution in [0.25, 0.3) is 0 Å². The Balaban J connectivity index is 2.71. The monoisotopic (exact) mass is 316 g/mol. The van der Waals surface area contributed by atoms with Gasteiger partial charge in [-0.1, -0.05) is 25.4 Å². The number of halogens is 1. The highest BCUT2D eigenvalue weighted by Gasteiger charge is 2.19. The molecule has 2 atom stereocenters. The Labute approximate surface area is 131 Å². The molecule has 6 nitrogen and oxygen atoms in total. The fraction of sp³-hybridized carbons (Fsp3) is 0.714. The Morgan fingerprint density at radius 3 is 2.33 bits per heavy atom. The number of nitrogens with zero attached hydrogens (tertiary/aromatic N) is 3. The highest BCUT2D eigenvalue weighted by atomic mass is 35.5. The van der Waals surface area contributed by atoms with E-state index in [4.69, 9.17) is 11.6 Å². The van der Waals surface area contributed by atoms with Gasteiger partial charge in [0, 0.05) is 19.1 Å². The fourth-order valence-corrected chi connectivity index (χ4v) is 2.17. The fourth-order valence-electron chi connectivity index (χ4n) is 2.07. The van der Waals surface area contributed by atoms with Crippen LogP contribution in [-0.2, 0) is 0 Å². The maximum Gasteiger partial charge on any atom is 0.225 e. The van der Waals surface area contributed by atoms with Crippen LogP contribution in [0, 0.1) is 0 Å². The summed E-state index contributed by atoms with van der Waals surface area (Å²) in [6, 6.07) is 0.0503. The van der Waals surface area contributed by atoms with Crippen LogP contribution in [0.15, 0.2) is 12.4 Å². The molecule has 3 N–H and O–H groups in total. The summed E-state index contributed by atoms with van der Waals surface area (Å²) < 4.78 is 0. The third-order valence-corrected chi connectivity index (χ3v) is 3.68. The van der Waals surface area contributed by atoms with Crippen molar-refractivity contribution < 1.29 is 10.2 Å². The summed E-state index contributed by atoms with van der Waals surface area (Å²) >= 11 is 5.81. The molecule has 0 aliphatic rings. The molecule has 0 saturated carbocycles. The highest BCUT2D eigenvalue weighted by molar-refractivity contribution is 6.30. The van der Waals surface area contributed by atoms with Crippen LogP contribution < -0.4 is 10.2 Å². The number of rotatable bonds is 10. The van der Waals surface area contributed by atoms with Crippen LogP contribution >= 0.6 is 11.6 Å². The second kappa shape index (κ2) is 9.89. The molecule has 0 aliphatic carbocycles. The Hall–Kier alpha value is -0.950. The number of hydrogen-bond acceptors (Lipinski definition) is 6. The minimum Gasteiger partial charge on any atom is -0.395 e. The summed E-state index contributed by atoms with van der Waals surface area (Å²) in [5.41, 5.74) is 0. The van der Waals surface area contributed by atoms with Crippen molar-refractivity contribution in [3.8, 4) is 0 Å². The second-order valence-corrected chi connectivity index (χ2v) is 5.32. The molecule has 0 saturated heterocycles. The molecule has 1 heterocycles. The van der Waals surface area contributed by atoms with Crippen molar-refractivity contribution >= 4 is 17.5 Å². The van der Waals surface area contributed by atoms with Crippen molar-refractivity contribution in [3.63, 3.8) is 0 Å². The average Bonchev–Trinajstić information content (AvgIpc) is 2.52. The Morgan fingerprint density at radius 1 is 1.19 bits per heavy atom. The topological polar surface area (TPSA) is 81.5 Å². The number of aliphatic hydroxyl groups is 2. The van der Waals surface area contributed by atoms with Gasteiger partial charge in [-0.3, -0.25) is 0 Å². The zero-order valence-corrected chi connectivity index (χ0v) is 13.4. The normalized spacial score (nSPS) is 14.0. The van der Waals surface area contributed by atoms with Gasteiger partial charge in [0.2, 0.25) is 5.95 Å². The molecule has 1 aromatic rings. The number of anilines is 1. The predicted octanol–water partition coefficient (Wildman–Crippen LogP) is 1.07. The molecule has 7 heteroatoms. The molecule has 0 aromatic carbocycles. The average molecular weight is 317 g/mol. The highest BCUT2D eigenvalue weighted by Crippen LogP contribution is 2.14. The van der Waals surface area contributed by atoms with Gasteiger partial charge in [-0.2, -0.15) is 0 Å². The maximum absolute atomic E-state index is 9.53. The quantitative estimate of drug-likeness (QED) is 0.599. The Bertz CT molecular complexity index is 383. The molecule has 21 heavy (non-hydrogen) atoms. The van der Waals surface area contributed by atoms with Crippen LogP contribution in [-0.4, -0.2) is 58.6 Å². The summed E-state index contributed by atoms with van der Waals surface area (Å²) in [4.78, 5) is 10.4. The largest absolute Gasteiger partial charge is 0.395 e. The van der Waals surface area contributed by atoms with E-state index in [0.717, 1.165) is 12.8 Å². The van der Waals surface area contributed by atoms with Crippen molar-refractivity contribution in [1.82, 2.24) is 15.3 Å². The van der Waals surface area contributed by atoms with E-state index in [9.17, 15) is 10.2 Å². The SMILES string of the molecule is CCC(CO)NCCN(c1ncc(Cl)cn1)C(CC)CO. The van der Waals surface area contributed by atoms with Gasteiger partial charge in [0.1, 0.15) is 0 Å². The van der Waals surface area contributed by atoms with Crippen LogP contribution in [0.1, 0.15) is 26.7 Å². The summed E-state index contributed by atoms with van der Waals surface area (Å²) in [7, 11) is 0. The minimum atomic E-state index is -0.0396. The van der Waals surface area contributed by atoms with E-state index in [1.807, 2.05) is 18.7 Å². The van der Waals surface area contributed by atoms with Gasteiger partial charge < -0.3 is 20.4 Å². The standard InChI is InChI=1S/C14H25ClN4O2/c1-3-12(9-20)16-5-6-19(13(4-2)10-21)14-17-7-11(15)8-18-14/h7-8,12-13,16,20-21H,3-6,9-10H2,1-2H3. The van der Waals surface area contributed by atoms with Crippen LogP contribution in [0.4, 0.5) is 5.95 Å². The van der Waals surface area contributed by atoms with E-state index in [0.29, 0.717) is 24.1 Å². The molecule has 0 fully saturated rings. The lowest BCUT2D eigenvalue weighted by molar-refractivity contribution is 0.236. The Morgan fingerprint density at radius 2 is 1.86 bits per heavy atom. The van der Waals surface area contributed by atoms with E-state index in [1.165, 1.54) is 0 Å². The second-order valence-electron chi connectivity index (χ2n) is 4.88. The lowest BCUT2D eigenvalue weighted by atomic mass is 10.2. The lowest BCUT2D eigenvalue weighted by Crippen LogP contribution is -2.45. The predicted molar refractivity (Wildman–Crippen MR) is 84.7 cm³/mol. The first kappa shape index (κ1) is 18.1. The smallest absolute Gasteiger partial charge is 0.225 e. The van der Waals surface area contributed by atoms with Gasteiger partial charge in [0.25, 0.3) is 0 Å². The van der Waals surface area contributed by atoms with Crippen LogP contribution in [0.3, 0.4) is 0 Å². The van der Waals surface area contributed by atoms with Crippen molar-refractivity contribution in [2.75, 3.05) is 31.2 Å². The van der Waals surface area contributed by atoms with Gasteiger partial charge in [-0.05, 0) is 12.8 Å². The zero-order chi connectivity index (χ0) is 15.7. The zero-order valence-electron chi connectivity index (χ0n) is 12.7. The molecule has 0 spiro atoms. The molecule has 1 rings (SSSR count). The number of aliphatic hydroxyl groups excluding tert-OH is 2. The molecular weight excluding hydrogens is 292 g/mol. The van der Waals surface area contributed by atoms with Crippen molar-refractivity contribution in [2.45, 2.75) is 38.8 Å². The van der Waals surface area contributed by atoms with Crippen molar-refractivity contribution in [3.05, 3.63) is 17.4 Å². The van der Waals surface area contributed by atoms with Gasteiger partial charge in [-0.15, -0.1) is 0 Å². The van der Waals surface area contributed by atoms with Crippen LogP contribution in [0.2, 0.25) is 5.02 Å². The number of aromatic nitrogens is 2. The van der Waals surface area contributed by atoms with Gasteiger partial charge in [-0.25, -0.2) is 9.97 Å². The lowest BCUT2D eigenvalue weighted by Gasteiger charge is -2.30. The first-order chi connectivity index (χ1) is 10.2. The summed E-state index contributed by atoms with van der Waals surface area (Å²) in [5, 5.41) is 22.5. The first-order valence-corrected chi connectivity index (χ1v) is 7.73. The van der Waals surface area contributed by atoms with Crippen molar-refractivity contribution in [2.24, 2.45) is 0 Å². The maximum atomic E-state index is 9.53. The molecule has 120 valence electrons. The van der Waals surface area contributed by atoms with Gasteiger partial charge >= 0.3 is 0 Å². The number of hydrogen-bond donors (Lipinski definition) is 3. The molecular formula is C14H25ClN4O2. The summed E-state index contributed by atoms with van der Waals surface area (Å²) in [5.74, 6) is 0.555. The van der Waals surface area contributed by atoms with E-state index < -0.39 is 0 Å². The number of nitrogens with one attached hydrogen (secondary N) is 1. The van der Waals surface area contributed by atoms with Gasteiger partial charge in [0.15, 0.2) is 0 Å². The molecule has 0 aliphatic heterocycles.